The Labute approximate surface area is 162 Å². The van der Waals surface area contributed by atoms with Crippen molar-refractivity contribution in [3.63, 3.8) is 0 Å². The van der Waals surface area contributed by atoms with E-state index in [4.69, 9.17) is 9.47 Å². The van der Waals surface area contributed by atoms with Gasteiger partial charge in [0.2, 0.25) is 0 Å². The van der Waals surface area contributed by atoms with Crippen molar-refractivity contribution in [1.82, 2.24) is 4.98 Å². The summed E-state index contributed by atoms with van der Waals surface area (Å²) in [6.45, 7) is 1.99. The fraction of sp³-hybridized carbons (Fsp3) is 0.529. The van der Waals surface area contributed by atoms with E-state index in [2.05, 4.69) is 4.98 Å². The standard InChI is InChI=1S/C17H23NO5S3/c1-3-4-9-26(20,21)12-13(10-22-2)23-16(19)11-24-17-18-14-7-5-6-8-15(14)25-17/h5-8,13H,3-4,9-12H2,1-2H3. The van der Waals surface area contributed by atoms with Gasteiger partial charge in [-0.15, -0.1) is 11.3 Å². The monoisotopic (exact) mass is 417 g/mol. The number of methoxy groups -OCH3 is 1. The zero-order valence-corrected chi connectivity index (χ0v) is 17.3. The van der Waals surface area contributed by atoms with Crippen LogP contribution in [0.3, 0.4) is 0 Å². The topological polar surface area (TPSA) is 82.6 Å². The van der Waals surface area contributed by atoms with Gasteiger partial charge in [-0.1, -0.05) is 37.2 Å². The molecule has 1 atom stereocenters. The van der Waals surface area contributed by atoms with Crippen LogP contribution in [0, 0.1) is 0 Å². The summed E-state index contributed by atoms with van der Waals surface area (Å²) < 4.78 is 36.3. The van der Waals surface area contributed by atoms with Gasteiger partial charge in [-0.05, 0) is 18.6 Å². The molecule has 144 valence electrons. The molecule has 0 fully saturated rings. The summed E-state index contributed by atoms with van der Waals surface area (Å²) in [6.07, 6.45) is 0.612. The second-order valence-corrected chi connectivity index (χ2v) is 10.3. The van der Waals surface area contributed by atoms with Crippen LogP contribution in [0.15, 0.2) is 28.6 Å². The summed E-state index contributed by atoms with van der Waals surface area (Å²) in [7, 11) is -1.82. The Morgan fingerprint density at radius 1 is 1.35 bits per heavy atom. The van der Waals surface area contributed by atoms with E-state index >= 15 is 0 Å². The lowest BCUT2D eigenvalue weighted by Gasteiger charge is -2.17. The number of fused-ring (bicyclic) bond motifs is 1. The SMILES string of the molecule is CCCCS(=O)(=O)CC(COC)OC(=O)CSc1nc2ccccc2s1. The van der Waals surface area contributed by atoms with Crippen molar-refractivity contribution >= 4 is 49.1 Å². The smallest absolute Gasteiger partial charge is 0.316 e. The van der Waals surface area contributed by atoms with Crippen molar-refractivity contribution in [3.8, 4) is 0 Å². The summed E-state index contributed by atoms with van der Waals surface area (Å²) in [5.41, 5.74) is 0.896. The molecule has 0 amide bonds. The van der Waals surface area contributed by atoms with E-state index < -0.39 is 21.9 Å². The van der Waals surface area contributed by atoms with Gasteiger partial charge >= 0.3 is 5.97 Å². The van der Waals surface area contributed by atoms with Crippen LogP contribution in [0.1, 0.15) is 19.8 Å². The molecule has 0 aliphatic carbocycles. The number of nitrogens with zero attached hydrogens (tertiary/aromatic N) is 1. The van der Waals surface area contributed by atoms with Crippen molar-refractivity contribution in [2.45, 2.75) is 30.2 Å². The number of rotatable bonds is 11. The van der Waals surface area contributed by atoms with Crippen LogP contribution in [0.5, 0.6) is 0 Å². The lowest BCUT2D eigenvalue weighted by atomic mass is 10.3. The fourth-order valence-electron chi connectivity index (χ4n) is 2.29. The lowest BCUT2D eigenvalue weighted by molar-refractivity contribution is -0.146. The van der Waals surface area contributed by atoms with Crippen molar-refractivity contribution in [2.75, 3.05) is 31.0 Å². The molecule has 1 unspecified atom stereocenters. The second-order valence-electron chi connectivity index (χ2n) is 5.77. The number of unbranched alkanes of at least 4 members (excludes halogenated alkanes) is 1. The number of aromatic nitrogens is 1. The van der Waals surface area contributed by atoms with Crippen LogP contribution in [-0.2, 0) is 24.1 Å². The van der Waals surface area contributed by atoms with Crippen molar-refractivity contribution in [1.29, 1.82) is 0 Å². The normalized spacial score (nSPS) is 13.0. The maximum absolute atomic E-state index is 12.1. The van der Waals surface area contributed by atoms with E-state index in [1.165, 1.54) is 30.2 Å². The number of sulfone groups is 1. The first-order valence-corrected chi connectivity index (χ1v) is 11.9. The van der Waals surface area contributed by atoms with Crippen LogP contribution in [0.2, 0.25) is 0 Å². The zero-order chi connectivity index (χ0) is 19.0. The number of thiazole rings is 1. The minimum Gasteiger partial charge on any atom is -0.458 e. The first-order valence-electron chi connectivity index (χ1n) is 8.30. The molecule has 0 saturated heterocycles. The predicted octanol–water partition coefficient (Wildman–Crippen LogP) is 3.16. The molecule has 0 radical (unpaired) electrons. The maximum atomic E-state index is 12.1. The van der Waals surface area contributed by atoms with Crippen molar-refractivity contribution < 1.29 is 22.7 Å². The summed E-state index contributed by atoms with van der Waals surface area (Å²) in [6, 6.07) is 7.76. The first kappa shape index (κ1) is 21.1. The number of carbonyl (C=O) groups is 1. The Morgan fingerprint density at radius 2 is 2.12 bits per heavy atom. The number of hydrogen-bond donors (Lipinski definition) is 0. The third-order valence-electron chi connectivity index (χ3n) is 3.49. The highest BCUT2D eigenvalue weighted by atomic mass is 32.2. The average molecular weight is 418 g/mol. The summed E-state index contributed by atoms with van der Waals surface area (Å²) in [5.74, 6) is -0.503. The number of benzene rings is 1. The van der Waals surface area contributed by atoms with Crippen molar-refractivity contribution in [2.24, 2.45) is 0 Å². The molecule has 2 rings (SSSR count). The average Bonchev–Trinajstić information content (AvgIpc) is 3.01. The fourth-order valence-corrected chi connectivity index (χ4v) is 5.76. The van der Waals surface area contributed by atoms with Gasteiger partial charge in [0.15, 0.2) is 14.2 Å². The molecule has 0 saturated carbocycles. The number of carbonyl (C=O) groups excluding carboxylic acids is 1. The molecule has 9 heteroatoms. The molecular weight excluding hydrogens is 394 g/mol. The molecule has 1 heterocycles. The highest BCUT2D eigenvalue weighted by molar-refractivity contribution is 8.01. The number of esters is 1. The molecule has 0 aliphatic heterocycles. The summed E-state index contributed by atoms with van der Waals surface area (Å²) >= 11 is 2.80. The third-order valence-corrected chi connectivity index (χ3v) is 7.43. The molecule has 1 aromatic carbocycles. The quantitative estimate of drug-likeness (QED) is 0.410. The Bertz CT molecular complexity index is 786. The molecule has 0 N–H and O–H groups in total. The number of hydrogen-bond acceptors (Lipinski definition) is 8. The maximum Gasteiger partial charge on any atom is 0.316 e. The summed E-state index contributed by atoms with van der Waals surface area (Å²) in [5, 5.41) is 0. The number of para-hydroxylation sites is 1. The van der Waals surface area contributed by atoms with Crippen LogP contribution in [-0.4, -0.2) is 56.5 Å². The highest BCUT2D eigenvalue weighted by Crippen LogP contribution is 2.29. The first-order chi connectivity index (χ1) is 12.4. The van der Waals surface area contributed by atoms with Gasteiger partial charge in [0, 0.05) is 7.11 Å². The van der Waals surface area contributed by atoms with Gasteiger partial charge in [-0.25, -0.2) is 13.4 Å². The zero-order valence-electron chi connectivity index (χ0n) is 14.8. The van der Waals surface area contributed by atoms with E-state index in [1.54, 1.807) is 0 Å². The minimum atomic E-state index is -3.27. The predicted molar refractivity (Wildman–Crippen MR) is 106 cm³/mol. The van der Waals surface area contributed by atoms with Crippen molar-refractivity contribution in [3.05, 3.63) is 24.3 Å². The minimum absolute atomic E-state index is 0.0584. The van der Waals surface area contributed by atoms with Gasteiger partial charge in [-0.3, -0.25) is 4.79 Å². The number of ether oxygens (including phenoxy) is 2. The van der Waals surface area contributed by atoms with Crippen LogP contribution < -0.4 is 0 Å². The summed E-state index contributed by atoms with van der Waals surface area (Å²) in [4.78, 5) is 16.5. The van der Waals surface area contributed by atoms with E-state index in [0.717, 1.165) is 21.0 Å². The molecule has 0 bridgehead atoms. The van der Waals surface area contributed by atoms with Gasteiger partial charge in [0.25, 0.3) is 0 Å². The van der Waals surface area contributed by atoms with E-state index in [-0.39, 0.29) is 23.9 Å². The van der Waals surface area contributed by atoms with Crippen LogP contribution >= 0.6 is 23.1 Å². The van der Waals surface area contributed by atoms with E-state index in [1.807, 2.05) is 31.2 Å². The molecule has 1 aromatic heterocycles. The largest absolute Gasteiger partial charge is 0.458 e. The van der Waals surface area contributed by atoms with Gasteiger partial charge in [0.05, 0.1) is 34.1 Å². The molecule has 0 aliphatic rings. The Hall–Kier alpha value is -1.16. The van der Waals surface area contributed by atoms with E-state index in [9.17, 15) is 13.2 Å². The molecule has 26 heavy (non-hydrogen) atoms. The lowest BCUT2D eigenvalue weighted by Crippen LogP contribution is -2.32. The molecule has 2 aromatic rings. The number of thioether (sulfide) groups is 1. The molecular formula is C17H23NO5S3. The molecule has 0 spiro atoms. The van der Waals surface area contributed by atoms with Gasteiger partial charge in [-0.2, -0.15) is 0 Å². The van der Waals surface area contributed by atoms with Crippen LogP contribution in [0.25, 0.3) is 10.2 Å². The van der Waals surface area contributed by atoms with Gasteiger partial charge in [0.1, 0.15) is 6.10 Å². The Kier molecular flexibility index (Phi) is 8.33. The molecule has 6 nitrogen and oxygen atoms in total. The van der Waals surface area contributed by atoms with E-state index in [0.29, 0.717) is 6.42 Å². The Morgan fingerprint density at radius 3 is 2.81 bits per heavy atom. The Balaban J connectivity index is 1.88. The van der Waals surface area contributed by atoms with Gasteiger partial charge < -0.3 is 9.47 Å². The second kappa shape index (κ2) is 10.2. The van der Waals surface area contributed by atoms with Crippen LogP contribution in [0.4, 0.5) is 0 Å². The highest BCUT2D eigenvalue weighted by Gasteiger charge is 2.23. The third kappa shape index (κ3) is 6.86.